The second kappa shape index (κ2) is 7.73. The first-order valence-corrected chi connectivity index (χ1v) is 9.38. The van der Waals surface area contributed by atoms with E-state index in [0.717, 1.165) is 37.1 Å². The summed E-state index contributed by atoms with van der Waals surface area (Å²) in [5.74, 6) is 1.17. The molecule has 0 N–H and O–H groups in total. The third-order valence-electron chi connectivity index (χ3n) is 4.95. The highest BCUT2D eigenvalue weighted by Gasteiger charge is 2.29. The molecule has 0 saturated carbocycles. The monoisotopic (exact) mass is 365 g/mol. The van der Waals surface area contributed by atoms with Crippen molar-refractivity contribution in [3.63, 3.8) is 0 Å². The Morgan fingerprint density at radius 3 is 2.85 bits per heavy atom. The van der Waals surface area contributed by atoms with Crippen LogP contribution in [0.15, 0.2) is 47.1 Å². The van der Waals surface area contributed by atoms with Crippen LogP contribution in [0.1, 0.15) is 43.3 Å². The topological polar surface area (TPSA) is 77.0 Å². The molecule has 1 aliphatic rings. The highest BCUT2D eigenvalue weighted by Crippen LogP contribution is 2.30. The molecule has 7 nitrogen and oxygen atoms in total. The van der Waals surface area contributed by atoms with Crippen LogP contribution in [0, 0.1) is 0 Å². The Labute approximate surface area is 158 Å². The van der Waals surface area contributed by atoms with Crippen LogP contribution in [0.25, 0.3) is 11.4 Å². The molecule has 1 atom stereocenters. The number of nitrogens with zero attached hydrogens (tertiary/aromatic N) is 5. The minimum Gasteiger partial charge on any atom is -0.339 e. The van der Waals surface area contributed by atoms with Crippen LogP contribution < -0.4 is 0 Å². The van der Waals surface area contributed by atoms with Crippen molar-refractivity contribution < 1.29 is 9.32 Å². The molecule has 1 saturated heterocycles. The molecular formula is C20H23N5O2. The first-order valence-electron chi connectivity index (χ1n) is 9.38. The van der Waals surface area contributed by atoms with Gasteiger partial charge in [0.2, 0.25) is 17.6 Å². The predicted molar refractivity (Wildman–Crippen MR) is 99.6 cm³/mol. The number of amides is 1. The van der Waals surface area contributed by atoms with Gasteiger partial charge in [-0.05, 0) is 25.3 Å². The third-order valence-corrected chi connectivity index (χ3v) is 4.95. The number of piperidine rings is 1. The smallest absolute Gasteiger partial charge is 0.227 e. The summed E-state index contributed by atoms with van der Waals surface area (Å²) < 4.78 is 7.11. The van der Waals surface area contributed by atoms with Gasteiger partial charge in [0, 0.05) is 38.2 Å². The minimum absolute atomic E-state index is 0.0648. The Hall–Kier alpha value is -2.96. The molecule has 1 amide bonds. The van der Waals surface area contributed by atoms with E-state index >= 15 is 0 Å². The largest absolute Gasteiger partial charge is 0.339 e. The maximum atomic E-state index is 12.8. The van der Waals surface area contributed by atoms with E-state index in [9.17, 15) is 4.79 Å². The fraction of sp³-hybridized carbons (Fsp3) is 0.400. The molecule has 3 aromatic rings. The van der Waals surface area contributed by atoms with Gasteiger partial charge in [0.25, 0.3) is 0 Å². The van der Waals surface area contributed by atoms with Gasteiger partial charge in [-0.3, -0.25) is 9.48 Å². The fourth-order valence-corrected chi connectivity index (χ4v) is 3.57. The van der Waals surface area contributed by atoms with Crippen molar-refractivity contribution in [2.45, 2.75) is 38.1 Å². The van der Waals surface area contributed by atoms with E-state index < -0.39 is 0 Å². The molecule has 140 valence electrons. The summed E-state index contributed by atoms with van der Waals surface area (Å²) >= 11 is 0. The van der Waals surface area contributed by atoms with Crippen LogP contribution >= 0.6 is 0 Å². The van der Waals surface area contributed by atoms with Gasteiger partial charge in [0.05, 0.1) is 11.7 Å². The molecule has 0 radical (unpaired) electrons. The van der Waals surface area contributed by atoms with Crippen molar-refractivity contribution in [2.75, 3.05) is 6.54 Å². The Morgan fingerprint density at radius 2 is 2.07 bits per heavy atom. The molecule has 1 fully saturated rings. The molecule has 4 rings (SSSR count). The number of likely N-dealkylation sites (tertiary alicyclic amines) is 1. The molecule has 7 heteroatoms. The first-order chi connectivity index (χ1) is 13.2. The number of carbonyl (C=O) groups is 1. The van der Waals surface area contributed by atoms with Crippen LogP contribution in [0.3, 0.4) is 0 Å². The summed E-state index contributed by atoms with van der Waals surface area (Å²) in [7, 11) is 1.90. The Morgan fingerprint density at radius 1 is 1.22 bits per heavy atom. The lowest BCUT2D eigenvalue weighted by Crippen LogP contribution is -2.38. The van der Waals surface area contributed by atoms with Gasteiger partial charge in [0.15, 0.2) is 0 Å². The second-order valence-electron chi connectivity index (χ2n) is 6.89. The lowest BCUT2D eigenvalue weighted by atomic mass is 9.99. The summed E-state index contributed by atoms with van der Waals surface area (Å²) in [4.78, 5) is 19.2. The average Bonchev–Trinajstić information content (AvgIpc) is 3.36. The number of carbonyl (C=O) groups excluding carboxylic acids is 1. The van der Waals surface area contributed by atoms with Crippen LogP contribution in [-0.4, -0.2) is 37.3 Å². The Balaban J connectivity index is 1.40. The third kappa shape index (κ3) is 3.92. The fourth-order valence-electron chi connectivity index (χ4n) is 3.57. The van der Waals surface area contributed by atoms with Gasteiger partial charge in [-0.25, -0.2) is 0 Å². The van der Waals surface area contributed by atoms with Crippen LogP contribution in [0.4, 0.5) is 0 Å². The van der Waals surface area contributed by atoms with Crippen molar-refractivity contribution >= 4 is 5.91 Å². The number of aromatic nitrogens is 4. The van der Waals surface area contributed by atoms with E-state index in [0.29, 0.717) is 24.6 Å². The highest BCUT2D eigenvalue weighted by atomic mass is 16.5. The number of hydrogen-bond acceptors (Lipinski definition) is 5. The standard InChI is InChI=1S/C20H23N5O2/c1-24-14-12-16(22-24)17-9-5-6-13-25(17)19(26)11-10-18-21-20(23-27-18)15-7-3-2-4-8-15/h2-4,7-8,12,14,17H,5-6,9-11,13H2,1H3/t17-/m1/s1. The highest BCUT2D eigenvalue weighted by molar-refractivity contribution is 5.77. The molecular weight excluding hydrogens is 342 g/mol. The Bertz CT molecular complexity index is 902. The Kier molecular flexibility index (Phi) is 5.00. The average molecular weight is 365 g/mol. The van der Waals surface area contributed by atoms with E-state index in [1.165, 1.54) is 0 Å². The summed E-state index contributed by atoms with van der Waals surface area (Å²) in [6, 6.07) is 11.7. The zero-order chi connectivity index (χ0) is 18.6. The molecule has 0 spiro atoms. The van der Waals surface area contributed by atoms with Gasteiger partial charge in [-0.1, -0.05) is 35.5 Å². The number of benzene rings is 1. The van der Waals surface area contributed by atoms with Crippen LogP contribution in [-0.2, 0) is 18.3 Å². The summed E-state index contributed by atoms with van der Waals surface area (Å²) in [5, 5.41) is 8.52. The number of rotatable bonds is 5. The molecule has 3 heterocycles. The van der Waals surface area contributed by atoms with Crippen molar-refractivity contribution in [1.82, 2.24) is 24.8 Å². The van der Waals surface area contributed by atoms with Gasteiger partial charge >= 0.3 is 0 Å². The van der Waals surface area contributed by atoms with Crippen LogP contribution in [0.2, 0.25) is 0 Å². The summed E-state index contributed by atoms with van der Waals surface area (Å²) in [6.45, 7) is 0.777. The second-order valence-corrected chi connectivity index (χ2v) is 6.89. The molecule has 1 aromatic carbocycles. The van der Waals surface area contributed by atoms with Crippen LogP contribution in [0.5, 0.6) is 0 Å². The van der Waals surface area contributed by atoms with E-state index in [2.05, 4.69) is 15.2 Å². The SMILES string of the molecule is Cn1ccc([C@H]2CCCCN2C(=O)CCc2nc(-c3ccccc3)no2)n1. The molecule has 1 aliphatic heterocycles. The van der Waals surface area contributed by atoms with Crippen molar-refractivity contribution in [1.29, 1.82) is 0 Å². The predicted octanol–water partition coefficient (Wildman–Crippen LogP) is 3.16. The molecule has 0 aliphatic carbocycles. The van der Waals surface area contributed by atoms with E-state index in [-0.39, 0.29) is 11.9 Å². The van der Waals surface area contributed by atoms with Gasteiger partial charge in [0.1, 0.15) is 0 Å². The zero-order valence-corrected chi connectivity index (χ0v) is 15.4. The van der Waals surface area contributed by atoms with E-state index in [1.54, 1.807) is 4.68 Å². The zero-order valence-electron chi connectivity index (χ0n) is 15.4. The van der Waals surface area contributed by atoms with Gasteiger partial charge < -0.3 is 9.42 Å². The van der Waals surface area contributed by atoms with Gasteiger partial charge in [-0.2, -0.15) is 10.1 Å². The lowest BCUT2D eigenvalue weighted by Gasteiger charge is -2.34. The summed E-state index contributed by atoms with van der Waals surface area (Å²) in [5.41, 5.74) is 1.87. The van der Waals surface area contributed by atoms with Gasteiger partial charge in [-0.15, -0.1) is 0 Å². The molecule has 0 unspecified atom stereocenters. The van der Waals surface area contributed by atoms with E-state index in [1.807, 2.05) is 54.5 Å². The molecule has 27 heavy (non-hydrogen) atoms. The molecule has 2 aromatic heterocycles. The molecule has 0 bridgehead atoms. The van der Waals surface area contributed by atoms with Crippen molar-refractivity contribution in [2.24, 2.45) is 7.05 Å². The van der Waals surface area contributed by atoms with Crippen molar-refractivity contribution in [3.05, 3.63) is 54.2 Å². The lowest BCUT2D eigenvalue weighted by molar-refractivity contribution is -0.135. The normalized spacial score (nSPS) is 17.2. The maximum absolute atomic E-state index is 12.8. The quantitative estimate of drug-likeness (QED) is 0.694. The minimum atomic E-state index is 0.0648. The van der Waals surface area contributed by atoms with Crippen molar-refractivity contribution in [3.8, 4) is 11.4 Å². The number of aryl methyl sites for hydroxylation is 2. The van der Waals surface area contributed by atoms with E-state index in [4.69, 9.17) is 4.52 Å². The summed E-state index contributed by atoms with van der Waals surface area (Å²) in [6.07, 6.45) is 5.85. The first kappa shape index (κ1) is 17.5. The number of hydrogen-bond donors (Lipinski definition) is 0. The maximum Gasteiger partial charge on any atom is 0.227 e.